The van der Waals surface area contributed by atoms with Gasteiger partial charge in [0.2, 0.25) is 5.91 Å². The number of anilines is 2. The molecular weight excluding hydrogens is 382 g/mol. The largest absolute Gasteiger partial charge is 0.322 e. The van der Waals surface area contributed by atoms with Gasteiger partial charge < -0.3 is 10.6 Å². The molecule has 8 nitrogen and oxygen atoms in total. The van der Waals surface area contributed by atoms with Crippen LogP contribution in [0.1, 0.15) is 49.3 Å². The number of pyridine rings is 1. The van der Waals surface area contributed by atoms with Crippen molar-refractivity contribution < 1.29 is 9.59 Å². The van der Waals surface area contributed by atoms with E-state index in [1.807, 2.05) is 24.3 Å². The van der Waals surface area contributed by atoms with E-state index >= 15 is 0 Å². The maximum atomic E-state index is 12.5. The Morgan fingerprint density at radius 3 is 2.23 bits per heavy atom. The zero-order chi connectivity index (χ0) is 22.1. The molecule has 30 heavy (non-hydrogen) atoms. The molecule has 0 fully saturated rings. The van der Waals surface area contributed by atoms with Crippen molar-refractivity contribution in [3.05, 3.63) is 69.8 Å². The van der Waals surface area contributed by atoms with Crippen molar-refractivity contribution in [2.75, 3.05) is 10.6 Å². The quantitative estimate of drug-likeness (QED) is 0.616. The fourth-order valence-electron chi connectivity index (χ4n) is 2.94. The van der Waals surface area contributed by atoms with Crippen LogP contribution < -0.4 is 16.2 Å². The van der Waals surface area contributed by atoms with Gasteiger partial charge in [0.05, 0.1) is 11.3 Å². The summed E-state index contributed by atoms with van der Waals surface area (Å²) in [5.74, 6) is -0.325. The van der Waals surface area contributed by atoms with Crippen LogP contribution in [-0.2, 0) is 10.2 Å². The minimum absolute atomic E-state index is 0.0380. The van der Waals surface area contributed by atoms with E-state index in [2.05, 4.69) is 41.5 Å². The third kappa shape index (κ3) is 4.48. The molecular formula is C22H25N5O3. The van der Waals surface area contributed by atoms with Crippen molar-refractivity contribution in [1.29, 1.82) is 0 Å². The fourth-order valence-corrected chi connectivity index (χ4v) is 2.94. The van der Waals surface area contributed by atoms with E-state index in [9.17, 15) is 14.4 Å². The predicted molar refractivity (Wildman–Crippen MR) is 116 cm³/mol. The van der Waals surface area contributed by atoms with Crippen LogP contribution >= 0.6 is 0 Å². The molecule has 3 aromatic rings. The zero-order valence-corrected chi connectivity index (χ0v) is 17.7. The summed E-state index contributed by atoms with van der Waals surface area (Å²) in [4.78, 5) is 40.5. The fraction of sp³-hybridized carbons (Fsp3) is 0.273. The summed E-state index contributed by atoms with van der Waals surface area (Å²) < 4.78 is 1.22. The van der Waals surface area contributed by atoms with Gasteiger partial charge in [0.15, 0.2) is 5.82 Å². The van der Waals surface area contributed by atoms with Gasteiger partial charge in [-0.2, -0.15) is 4.68 Å². The third-order valence-electron chi connectivity index (χ3n) is 4.62. The smallest absolute Gasteiger partial charge is 0.296 e. The highest BCUT2D eigenvalue weighted by Crippen LogP contribution is 2.23. The first-order valence-electron chi connectivity index (χ1n) is 9.54. The summed E-state index contributed by atoms with van der Waals surface area (Å²) in [7, 11) is 0. The average Bonchev–Trinajstić information content (AvgIpc) is 2.95. The summed E-state index contributed by atoms with van der Waals surface area (Å²) in [6.07, 6.45) is 1.40. The SMILES string of the molecule is CC(=O)Nc1c(C)[nH]n(-c2ccc(C(=O)Nc3ccc(C(C)(C)C)cc3)cn2)c1=O. The number of aryl methyl sites for hydroxylation is 1. The molecule has 0 spiro atoms. The van der Waals surface area contributed by atoms with Gasteiger partial charge in [-0.15, -0.1) is 0 Å². The number of nitrogens with zero attached hydrogens (tertiary/aromatic N) is 2. The number of carbonyl (C=O) groups is 2. The molecule has 1 aromatic carbocycles. The number of amides is 2. The van der Waals surface area contributed by atoms with Gasteiger partial charge in [0, 0.05) is 18.8 Å². The highest BCUT2D eigenvalue weighted by atomic mass is 16.2. The number of hydrogen-bond acceptors (Lipinski definition) is 4. The van der Waals surface area contributed by atoms with E-state index in [1.54, 1.807) is 19.1 Å². The number of hydrogen-bond donors (Lipinski definition) is 3. The first kappa shape index (κ1) is 21.0. The van der Waals surface area contributed by atoms with Crippen molar-refractivity contribution in [3.63, 3.8) is 0 Å². The van der Waals surface area contributed by atoms with Crippen molar-refractivity contribution in [2.24, 2.45) is 0 Å². The summed E-state index contributed by atoms with van der Waals surface area (Å²) in [5.41, 5.74) is 2.52. The Bertz CT molecular complexity index is 1130. The Balaban J connectivity index is 1.77. The molecule has 3 rings (SSSR count). The van der Waals surface area contributed by atoms with E-state index in [0.717, 1.165) is 0 Å². The van der Waals surface area contributed by atoms with Gasteiger partial charge in [-0.3, -0.25) is 19.5 Å². The lowest BCUT2D eigenvalue weighted by Gasteiger charge is -2.19. The Kier molecular flexibility index (Phi) is 5.60. The second kappa shape index (κ2) is 7.98. The van der Waals surface area contributed by atoms with Crippen LogP contribution in [0.25, 0.3) is 5.82 Å². The van der Waals surface area contributed by atoms with Crippen LogP contribution in [0.2, 0.25) is 0 Å². The second-order valence-electron chi connectivity index (χ2n) is 8.12. The molecule has 2 aromatic heterocycles. The van der Waals surface area contributed by atoms with Crippen molar-refractivity contribution in [1.82, 2.24) is 14.8 Å². The summed E-state index contributed by atoms with van der Waals surface area (Å²) in [6, 6.07) is 10.9. The van der Waals surface area contributed by atoms with E-state index in [0.29, 0.717) is 22.8 Å². The molecule has 0 saturated carbocycles. The van der Waals surface area contributed by atoms with Crippen molar-refractivity contribution >= 4 is 23.2 Å². The zero-order valence-electron chi connectivity index (χ0n) is 17.7. The lowest BCUT2D eigenvalue weighted by atomic mass is 9.87. The predicted octanol–water partition coefficient (Wildman–Crippen LogP) is 3.38. The molecule has 0 aliphatic carbocycles. The highest BCUT2D eigenvalue weighted by molar-refractivity contribution is 6.04. The van der Waals surface area contributed by atoms with Crippen molar-refractivity contribution in [3.8, 4) is 5.82 Å². The van der Waals surface area contributed by atoms with Crippen LogP contribution in [0, 0.1) is 6.92 Å². The minimum Gasteiger partial charge on any atom is -0.322 e. The van der Waals surface area contributed by atoms with Gasteiger partial charge >= 0.3 is 0 Å². The average molecular weight is 407 g/mol. The van der Waals surface area contributed by atoms with Crippen LogP contribution in [-0.4, -0.2) is 26.6 Å². The first-order chi connectivity index (χ1) is 14.1. The number of nitrogens with one attached hydrogen (secondary N) is 3. The van der Waals surface area contributed by atoms with E-state index in [-0.39, 0.29) is 22.9 Å². The molecule has 0 bridgehead atoms. The number of benzene rings is 1. The lowest BCUT2D eigenvalue weighted by Crippen LogP contribution is -2.20. The van der Waals surface area contributed by atoms with E-state index in [1.165, 1.54) is 23.4 Å². The molecule has 8 heteroatoms. The summed E-state index contributed by atoms with van der Waals surface area (Å²) in [5, 5.41) is 8.21. The molecule has 0 atom stereocenters. The van der Waals surface area contributed by atoms with Gasteiger partial charge in [0.25, 0.3) is 11.5 Å². The third-order valence-corrected chi connectivity index (χ3v) is 4.62. The van der Waals surface area contributed by atoms with Gasteiger partial charge in [-0.25, -0.2) is 4.98 Å². The van der Waals surface area contributed by atoms with E-state index in [4.69, 9.17) is 0 Å². The summed E-state index contributed by atoms with van der Waals surface area (Å²) >= 11 is 0. The van der Waals surface area contributed by atoms with Crippen molar-refractivity contribution in [2.45, 2.75) is 40.0 Å². The van der Waals surface area contributed by atoms with Crippen LogP contribution in [0.5, 0.6) is 0 Å². The molecule has 0 aliphatic rings. The van der Waals surface area contributed by atoms with Crippen LogP contribution in [0.3, 0.4) is 0 Å². The molecule has 2 heterocycles. The Labute approximate surface area is 174 Å². The second-order valence-corrected chi connectivity index (χ2v) is 8.12. The van der Waals surface area contributed by atoms with Gasteiger partial charge in [0.1, 0.15) is 5.69 Å². The number of aromatic amines is 1. The molecule has 3 N–H and O–H groups in total. The Morgan fingerprint density at radius 1 is 1.03 bits per heavy atom. The number of rotatable bonds is 4. The lowest BCUT2D eigenvalue weighted by molar-refractivity contribution is -0.114. The standard InChI is InChI=1S/C22H25N5O3/c1-13-19(24-14(2)28)21(30)27(26-13)18-11-6-15(12-23-18)20(29)25-17-9-7-16(8-10-17)22(3,4)5/h6-12,26H,1-5H3,(H,24,28)(H,25,29). The van der Waals surface area contributed by atoms with Crippen LogP contribution in [0.4, 0.5) is 11.4 Å². The maximum absolute atomic E-state index is 12.5. The normalized spacial score (nSPS) is 11.2. The number of carbonyl (C=O) groups excluding carboxylic acids is 2. The molecule has 0 aliphatic heterocycles. The molecule has 0 saturated heterocycles. The maximum Gasteiger partial charge on any atom is 0.296 e. The van der Waals surface area contributed by atoms with Crippen LogP contribution in [0.15, 0.2) is 47.4 Å². The van der Waals surface area contributed by atoms with Gasteiger partial charge in [-0.1, -0.05) is 32.9 Å². The number of aromatic nitrogens is 3. The first-order valence-corrected chi connectivity index (χ1v) is 9.54. The highest BCUT2D eigenvalue weighted by Gasteiger charge is 2.16. The summed E-state index contributed by atoms with van der Waals surface area (Å²) in [6.45, 7) is 9.40. The van der Waals surface area contributed by atoms with E-state index < -0.39 is 5.56 Å². The molecule has 2 amide bonds. The Hall–Kier alpha value is -3.68. The van der Waals surface area contributed by atoms with Gasteiger partial charge in [-0.05, 0) is 42.2 Å². The molecule has 156 valence electrons. The Morgan fingerprint density at radius 2 is 1.70 bits per heavy atom. The molecule has 0 radical (unpaired) electrons. The topological polar surface area (TPSA) is 109 Å². The number of H-pyrrole nitrogens is 1. The monoisotopic (exact) mass is 407 g/mol. The molecule has 0 unspecified atom stereocenters. The minimum atomic E-state index is -0.425.